The molecule has 2 aromatic carbocycles. The van der Waals surface area contributed by atoms with Crippen LogP contribution in [-0.2, 0) is 14.3 Å². The Hall–Kier alpha value is -2.62. The molecule has 0 fully saturated rings. The summed E-state index contributed by atoms with van der Waals surface area (Å²) in [6.07, 6.45) is 13.4. The van der Waals surface area contributed by atoms with E-state index in [1.54, 1.807) is 6.07 Å². The molecule has 2 rings (SSSR count). The first kappa shape index (κ1) is 26.6. The summed E-state index contributed by atoms with van der Waals surface area (Å²) in [7, 11) is 0. The van der Waals surface area contributed by atoms with E-state index >= 15 is 0 Å². The van der Waals surface area contributed by atoms with E-state index in [2.05, 4.69) is 6.92 Å². The maximum Gasteiger partial charge on any atom is 0.311 e. The SMILES string of the molecule is CCCCCCCCCCCCOC(=O)CCCC(=O)Oc1ccccc1-c1ccccc1. The zero-order chi connectivity index (χ0) is 23.6. The lowest BCUT2D eigenvalue weighted by molar-refractivity contribution is -0.144. The zero-order valence-corrected chi connectivity index (χ0v) is 20.2. The summed E-state index contributed by atoms with van der Waals surface area (Å²) in [5.41, 5.74) is 1.87. The minimum Gasteiger partial charge on any atom is -0.466 e. The molecule has 4 nitrogen and oxygen atoms in total. The van der Waals surface area contributed by atoms with E-state index in [-0.39, 0.29) is 24.8 Å². The number of benzene rings is 2. The van der Waals surface area contributed by atoms with Crippen LogP contribution in [0.15, 0.2) is 54.6 Å². The van der Waals surface area contributed by atoms with Crippen LogP contribution in [0.3, 0.4) is 0 Å². The van der Waals surface area contributed by atoms with Gasteiger partial charge in [-0.25, -0.2) is 0 Å². The van der Waals surface area contributed by atoms with Crippen LogP contribution in [0, 0.1) is 0 Å². The van der Waals surface area contributed by atoms with Crippen molar-refractivity contribution in [3.8, 4) is 16.9 Å². The van der Waals surface area contributed by atoms with E-state index in [4.69, 9.17) is 9.47 Å². The lowest BCUT2D eigenvalue weighted by Gasteiger charge is -2.10. The van der Waals surface area contributed by atoms with Crippen molar-refractivity contribution >= 4 is 11.9 Å². The van der Waals surface area contributed by atoms with Gasteiger partial charge in [0.2, 0.25) is 0 Å². The molecule has 4 heteroatoms. The second kappa shape index (κ2) is 16.9. The Morgan fingerprint density at radius 3 is 1.91 bits per heavy atom. The minimum absolute atomic E-state index is 0.191. The molecule has 2 aromatic rings. The molecule has 180 valence electrons. The van der Waals surface area contributed by atoms with Crippen LogP contribution in [0.4, 0.5) is 0 Å². The van der Waals surface area contributed by atoms with E-state index in [1.165, 1.54) is 51.4 Å². The smallest absolute Gasteiger partial charge is 0.311 e. The number of carbonyl (C=O) groups excluding carboxylic acids is 2. The first-order valence-corrected chi connectivity index (χ1v) is 12.7. The van der Waals surface area contributed by atoms with Crippen molar-refractivity contribution in [1.82, 2.24) is 0 Å². The molecule has 0 unspecified atom stereocenters. The number of esters is 2. The third-order valence-corrected chi connectivity index (χ3v) is 5.72. The molecule has 0 atom stereocenters. The van der Waals surface area contributed by atoms with Gasteiger partial charge >= 0.3 is 11.9 Å². The fourth-order valence-electron chi connectivity index (χ4n) is 3.81. The van der Waals surface area contributed by atoms with Crippen molar-refractivity contribution in [2.45, 2.75) is 90.4 Å². The van der Waals surface area contributed by atoms with Crippen LogP contribution in [0.25, 0.3) is 11.1 Å². The predicted octanol–water partition coefficient (Wildman–Crippen LogP) is 7.89. The summed E-state index contributed by atoms with van der Waals surface area (Å²) in [5, 5.41) is 0. The highest BCUT2D eigenvalue weighted by atomic mass is 16.5. The van der Waals surface area contributed by atoms with Crippen LogP contribution in [0.5, 0.6) is 5.75 Å². The minimum atomic E-state index is -0.333. The van der Waals surface area contributed by atoms with Crippen LogP contribution in [-0.4, -0.2) is 18.5 Å². The maximum atomic E-state index is 12.3. The Balaban J connectivity index is 1.53. The normalized spacial score (nSPS) is 10.7. The average Bonchev–Trinajstić information content (AvgIpc) is 2.83. The highest BCUT2D eigenvalue weighted by Crippen LogP contribution is 2.29. The molecule has 0 aliphatic heterocycles. The molecule has 0 heterocycles. The van der Waals surface area contributed by atoms with Crippen molar-refractivity contribution in [2.75, 3.05) is 6.61 Å². The van der Waals surface area contributed by atoms with Crippen molar-refractivity contribution in [1.29, 1.82) is 0 Å². The van der Waals surface area contributed by atoms with Crippen molar-refractivity contribution in [2.24, 2.45) is 0 Å². The van der Waals surface area contributed by atoms with Crippen molar-refractivity contribution in [3.05, 3.63) is 54.6 Å². The molecule has 0 spiro atoms. The molecule has 0 aromatic heterocycles. The lowest BCUT2D eigenvalue weighted by Crippen LogP contribution is -2.11. The van der Waals surface area contributed by atoms with Crippen LogP contribution >= 0.6 is 0 Å². The molecule has 0 aliphatic rings. The largest absolute Gasteiger partial charge is 0.466 e. The summed E-state index contributed by atoms with van der Waals surface area (Å²) in [5.74, 6) is -0.0264. The highest BCUT2D eigenvalue weighted by molar-refractivity contribution is 5.78. The second-order valence-electron chi connectivity index (χ2n) is 8.59. The van der Waals surface area contributed by atoms with E-state index in [0.29, 0.717) is 18.8 Å². The quantitative estimate of drug-likeness (QED) is 0.139. The summed E-state index contributed by atoms with van der Waals surface area (Å²) in [6.45, 7) is 2.72. The van der Waals surface area contributed by atoms with Gasteiger partial charge in [0.15, 0.2) is 0 Å². The Morgan fingerprint density at radius 1 is 0.636 bits per heavy atom. The van der Waals surface area contributed by atoms with Gasteiger partial charge in [0.25, 0.3) is 0 Å². The monoisotopic (exact) mass is 452 g/mol. The van der Waals surface area contributed by atoms with Gasteiger partial charge in [-0.1, -0.05) is 113 Å². The van der Waals surface area contributed by atoms with Gasteiger partial charge in [0.1, 0.15) is 5.75 Å². The summed E-state index contributed by atoms with van der Waals surface area (Å²) < 4.78 is 10.9. The third-order valence-electron chi connectivity index (χ3n) is 5.72. The predicted molar refractivity (Wildman–Crippen MR) is 134 cm³/mol. The van der Waals surface area contributed by atoms with E-state index in [1.807, 2.05) is 48.5 Å². The van der Waals surface area contributed by atoms with E-state index in [9.17, 15) is 9.59 Å². The molecule has 0 saturated heterocycles. The molecular formula is C29H40O4. The standard InChI is InChI=1S/C29H40O4/c1-2-3-4-5-6-7-8-9-10-16-24-32-28(30)22-17-23-29(31)33-27-21-15-14-20-26(27)25-18-12-11-13-19-25/h11-15,18-21H,2-10,16-17,22-24H2,1H3. The zero-order valence-electron chi connectivity index (χ0n) is 20.2. The van der Waals surface area contributed by atoms with Gasteiger partial charge in [-0.3, -0.25) is 9.59 Å². The summed E-state index contributed by atoms with van der Waals surface area (Å²) in [6, 6.07) is 17.3. The van der Waals surface area contributed by atoms with Crippen molar-refractivity contribution < 1.29 is 19.1 Å². The summed E-state index contributed by atoms with van der Waals surface area (Å²) >= 11 is 0. The van der Waals surface area contributed by atoms with Gasteiger partial charge in [-0.15, -0.1) is 0 Å². The molecule has 0 aliphatic carbocycles. The van der Waals surface area contributed by atoms with Gasteiger partial charge < -0.3 is 9.47 Å². The first-order chi connectivity index (χ1) is 16.2. The molecule has 0 radical (unpaired) electrons. The van der Waals surface area contributed by atoms with Gasteiger partial charge in [-0.2, -0.15) is 0 Å². The number of ether oxygens (including phenoxy) is 2. The highest BCUT2D eigenvalue weighted by Gasteiger charge is 2.12. The third kappa shape index (κ3) is 11.7. The number of rotatable bonds is 17. The summed E-state index contributed by atoms with van der Waals surface area (Å²) in [4.78, 5) is 24.2. The van der Waals surface area contributed by atoms with Crippen molar-refractivity contribution in [3.63, 3.8) is 0 Å². The Labute approximate surface area is 199 Å². The second-order valence-corrected chi connectivity index (χ2v) is 8.59. The average molecular weight is 453 g/mol. The number of unbranched alkanes of at least 4 members (excludes halogenated alkanes) is 9. The molecule has 0 saturated carbocycles. The molecular weight excluding hydrogens is 412 g/mol. The van der Waals surface area contributed by atoms with Gasteiger partial charge in [0, 0.05) is 18.4 Å². The molecule has 0 amide bonds. The Kier molecular flexibility index (Phi) is 13.7. The number of hydrogen-bond acceptors (Lipinski definition) is 4. The maximum absolute atomic E-state index is 12.3. The van der Waals surface area contributed by atoms with Crippen LogP contribution in [0.1, 0.15) is 90.4 Å². The van der Waals surface area contributed by atoms with E-state index < -0.39 is 0 Å². The fraction of sp³-hybridized carbons (Fsp3) is 0.517. The Bertz CT molecular complexity index is 800. The van der Waals surface area contributed by atoms with Gasteiger partial charge in [0.05, 0.1) is 6.61 Å². The number of carbonyl (C=O) groups is 2. The lowest BCUT2D eigenvalue weighted by atomic mass is 10.1. The Morgan fingerprint density at radius 2 is 1.21 bits per heavy atom. The molecule has 0 bridgehead atoms. The molecule has 0 N–H and O–H groups in total. The molecule has 33 heavy (non-hydrogen) atoms. The van der Waals surface area contributed by atoms with Crippen LogP contribution < -0.4 is 4.74 Å². The number of hydrogen-bond donors (Lipinski definition) is 0. The first-order valence-electron chi connectivity index (χ1n) is 12.7. The topological polar surface area (TPSA) is 52.6 Å². The van der Waals surface area contributed by atoms with E-state index in [0.717, 1.165) is 24.0 Å². The van der Waals surface area contributed by atoms with Crippen LogP contribution in [0.2, 0.25) is 0 Å². The fourth-order valence-corrected chi connectivity index (χ4v) is 3.81. The number of para-hydroxylation sites is 1. The van der Waals surface area contributed by atoms with Gasteiger partial charge in [-0.05, 0) is 24.5 Å².